The highest BCUT2D eigenvalue weighted by atomic mass is 16.5. The van der Waals surface area contributed by atoms with Gasteiger partial charge in [0.25, 0.3) is 5.91 Å². The molecule has 2 aromatic rings. The third-order valence-corrected chi connectivity index (χ3v) is 3.36. The number of carbonyl (C=O) groups excluding carboxylic acids is 1. The molecule has 2 aromatic carbocycles. The Morgan fingerprint density at radius 2 is 1.95 bits per heavy atom. The van der Waals surface area contributed by atoms with E-state index < -0.39 is 0 Å². The average Bonchev–Trinajstić information content (AvgIpc) is 2.44. The number of methoxy groups -OCH3 is 1. The van der Waals surface area contributed by atoms with Gasteiger partial charge >= 0.3 is 0 Å². The molecule has 0 aliphatic carbocycles. The van der Waals surface area contributed by atoms with E-state index >= 15 is 0 Å². The highest BCUT2D eigenvalue weighted by molar-refractivity contribution is 6.06. The summed E-state index contributed by atoms with van der Waals surface area (Å²) in [5.41, 5.74) is 9.61. The van der Waals surface area contributed by atoms with Gasteiger partial charge in [-0.1, -0.05) is 12.1 Å². The predicted molar refractivity (Wildman–Crippen MR) is 81.3 cm³/mol. The Kier molecular flexibility index (Phi) is 3.94. The molecular weight excluding hydrogens is 252 g/mol. The SMILES string of the molecule is COc1ccc(N)c(NC(=O)c2cccc(C)c2C)c1. The molecule has 3 N–H and O–H groups in total. The first kappa shape index (κ1) is 13.9. The largest absolute Gasteiger partial charge is 0.497 e. The van der Waals surface area contributed by atoms with Gasteiger partial charge in [-0.2, -0.15) is 0 Å². The molecule has 0 spiro atoms. The maximum atomic E-state index is 12.3. The van der Waals surface area contributed by atoms with Crippen LogP contribution >= 0.6 is 0 Å². The van der Waals surface area contributed by atoms with Gasteiger partial charge in [-0.15, -0.1) is 0 Å². The van der Waals surface area contributed by atoms with Crippen molar-refractivity contribution in [2.75, 3.05) is 18.2 Å². The van der Waals surface area contributed by atoms with Gasteiger partial charge in [0.2, 0.25) is 0 Å². The van der Waals surface area contributed by atoms with Crippen LogP contribution < -0.4 is 15.8 Å². The fourth-order valence-corrected chi connectivity index (χ4v) is 1.96. The maximum Gasteiger partial charge on any atom is 0.255 e. The van der Waals surface area contributed by atoms with Crippen molar-refractivity contribution in [3.05, 3.63) is 53.1 Å². The van der Waals surface area contributed by atoms with Crippen LogP contribution in [0, 0.1) is 13.8 Å². The molecule has 1 amide bonds. The minimum atomic E-state index is -0.175. The molecule has 0 aliphatic heterocycles. The Hall–Kier alpha value is -2.49. The van der Waals surface area contributed by atoms with Crippen LogP contribution in [0.3, 0.4) is 0 Å². The van der Waals surface area contributed by atoms with Crippen molar-refractivity contribution >= 4 is 17.3 Å². The summed E-state index contributed by atoms with van der Waals surface area (Å²) in [4.78, 5) is 12.3. The van der Waals surface area contributed by atoms with Gasteiger partial charge in [-0.25, -0.2) is 0 Å². The Morgan fingerprint density at radius 1 is 1.20 bits per heavy atom. The quantitative estimate of drug-likeness (QED) is 0.842. The second-order valence-corrected chi connectivity index (χ2v) is 4.65. The van der Waals surface area contributed by atoms with Gasteiger partial charge in [0.1, 0.15) is 5.75 Å². The Balaban J connectivity index is 2.30. The number of aryl methyl sites for hydroxylation is 1. The third kappa shape index (κ3) is 2.74. The molecule has 20 heavy (non-hydrogen) atoms. The number of benzene rings is 2. The van der Waals surface area contributed by atoms with Crippen molar-refractivity contribution in [1.29, 1.82) is 0 Å². The summed E-state index contributed by atoms with van der Waals surface area (Å²) in [6.07, 6.45) is 0. The van der Waals surface area contributed by atoms with E-state index in [-0.39, 0.29) is 5.91 Å². The van der Waals surface area contributed by atoms with Crippen molar-refractivity contribution < 1.29 is 9.53 Å². The first-order valence-corrected chi connectivity index (χ1v) is 6.34. The van der Waals surface area contributed by atoms with E-state index in [4.69, 9.17) is 10.5 Å². The maximum absolute atomic E-state index is 12.3. The van der Waals surface area contributed by atoms with Crippen molar-refractivity contribution in [1.82, 2.24) is 0 Å². The minimum absolute atomic E-state index is 0.175. The third-order valence-electron chi connectivity index (χ3n) is 3.36. The zero-order chi connectivity index (χ0) is 14.7. The second kappa shape index (κ2) is 5.65. The van der Waals surface area contributed by atoms with Crippen LogP contribution in [0.15, 0.2) is 36.4 Å². The fourth-order valence-electron chi connectivity index (χ4n) is 1.96. The molecule has 0 fully saturated rings. The van der Waals surface area contributed by atoms with Crippen LogP contribution in [-0.4, -0.2) is 13.0 Å². The molecule has 0 radical (unpaired) electrons. The molecular formula is C16H18N2O2. The number of anilines is 2. The van der Waals surface area contributed by atoms with Gasteiger partial charge < -0.3 is 15.8 Å². The van der Waals surface area contributed by atoms with E-state index in [0.717, 1.165) is 11.1 Å². The zero-order valence-corrected chi connectivity index (χ0v) is 11.9. The summed E-state index contributed by atoms with van der Waals surface area (Å²) in [6.45, 7) is 3.91. The summed E-state index contributed by atoms with van der Waals surface area (Å²) in [5, 5.41) is 2.83. The summed E-state index contributed by atoms with van der Waals surface area (Å²) in [6, 6.07) is 10.8. The molecule has 4 heteroatoms. The summed E-state index contributed by atoms with van der Waals surface area (Å²) in [5.74, 6) is 0.474. The molecule has 0 aromatic heterocycles. The molecule has 2 rings (SSSR count). The number of rotatable bonds is 3. The van der Waals surface area contributed by atoms with Crippen LogP contribution in [0.2, 0.25) is 0 Å². The highest BCUT2D eigenvalue weighted by Crippen LogP contribution is 2.25. The lowest BCUT2D eigenvalue weighted by Crippen LogP contribution is -2.15. The van der Waals surface area contributed by atoms with Gasteiger partial charge in [0, 0.05) is 11.6 Å². The first-order valence-electron chi connectivity index (χ1n) is 6.34. The van der Waals surface area contributed by atoms with Gasteiger partial charge in [-0.3, -0.25) is 4.79 Å². The van der Waals surface area contributed by atoms with E-state index in [0.29, 0.717) is 22.7 Å². The van der Waals surface area contributed by atoms with Crippen molar-refractivity contribution in [3.63, 3.8) is 0 Å². The molecule has 0 bridgehead atoms. The van der Waals surface area contributed by atoms with E-state index in [1.54, 1.807) is 31.4 Å². The lowest BCUT2D eigenvalue weighted by atomic mass is 10.0. The monoisotopic (exact) mass is 270 g/mol. The number of amides is 1. The summed E-state index contributed by atoms with van der Waals surface area (Å²) >= 11 is 0. The topological polar surface area (TPSA) is 64.3 Å². The van der Waals surface area contributed by atoms with E-state index in [9.17, 15) is 4.79 Å². The Morgan fingerprint density at radius 3 is 2.65 bits per heavy atom. The normalized spacial score (nSPS) is 10.2. The molecule has 0 atom stereocenters. The van der Waals surface area contributed by atoms with Crippen LogP contribution in [0.25, 0.3) is 0 Å². The van der Waals surface area contributed by atoms with Gasteiger partial charge in [0.15, 0.2) is 0 Å². The Bertz CT molecular complexity index is 651. The van der Waals surface area contributed by atoms with Crippen LogP contribution in [0.4, 0.5) is 11.4 Å². The molecule has 0 saturated carbocycles. The first-order chi connectivity index (χ1) is 9.52. The number of carbonyl (C=O) groups is 1. The number of nitrogen functional groups attached to an aromatic ring is 1. The molecule has 0 unspecified atom stereocenters. The predicted octanol–water partition coefficient (Wildman–Crippen LogP) is 3.15. The number of hydrogen-bond donors (Lipinski definition) is 2. The second-order valence-electron chi connectivity index (χ2n) is 4.65. The van der Waals surface area contributed by atoms with Crippen LogP contribution in [-0.2, 0) is 0 Å². The smallest absolute Gasteiger partial charge is 0.255 e. The van der Waals surface area contributed by atoms with Crippen molar-refractivity contribution in [3.8, 4) is 5.75 Å². The number of hydrogen-bond acceptors (Lipinski definition) is 3. The Labute approximate surface area is 118 Å². The molecule has 0 saturated heterocycles. The lowest BCUT2D eigenvalue weighted by Gasteiger charge is -2.12. The zero-order valence-electron chi connectivity index (χ0n) is 11.9. The molecule has 104 valence electrons. The lowest BCUT2D eigenvalue weighted by molar-refractivity contribution is 0.102. The van der Waals surface area contributed by atoms with Crippen molar-refractivity contribution in [2.24, 2.45) is 0 Å². The molecule has 4 nitrogen and oxygen atoms in total. The fraction of sp³-hybridized carbons (Fsp3) is 0.188. The summed E-state index contributed by atoms with van der Waals surface area (Å²) < 4.78 is 5.13. The van der Waals surface area contributed by atoms with Gasteiger partial charge in [0.05, 0.1) is 18.5 Å². The highest BCUT2D eigenvalue weighted by Gasteiger charge is 2.12. The average molecular weight is 270 g/mol. The minimum Gasteiger partial charge on any atom is -0.497 e. The van der Waals surface area contributed by atoms with E-state index in [1.807, 2.05) is 26.0 Å². The van der Waals surface area contributed by atoms with Crippen LogP contribution in [0.5, 0.6) is 5.75 Å². The number of nitrogens with one attached hydrogen (secondary N) is 1. The number of nitrogens with two attached hydrogens (primary N) is 1. The van der Waals surface area contributed by atoms with Crippen molar-refractivity contribution in [2.45, 2.75) is 13.8 Å². The standard InChI is InChI=1S/C16H18N2O2/c1-10-5-4-6-13(11(10)2)16(19)18-15-9-12(20-3)7-8-14(15)17/h4-9H,17H2,1-3H3,(H,18,19). The molecule has 0 heterocycles. The van der Waals surface area contributed by atoms with Crippen LogP contribution in [0.1, 0.15) is 21.5 Å². The van der Waals surface area contributed by atoms with E-state index in [2.05, 4.69) is 5.32 Å². The molecule has 0 aliphatic rings. The van der Waals surface area contributed by atoms with E-state index in [1.165, 1.54) is 0 Å². The van der Waals surface area contributed by atoms with Gasteiger partial charge in [-0.05, 0) is 43.2 Å². The summed E-state index contributed by atoms with van der Waals surface area (Å²) in [7, 11) is 1.57. The number of ether oxygens (including phenoxy) is 1.